The predicted molar refractivity (Wildman–Crippen MR) is 90.7 cm³/mol. The summed E-state index contributed by atoms with van der Waals surface area (Å²) in [5, 5.41) is 17.4. The number of carbonyl (C=O) groups excluding carboxylic acids is 1. The molecule has 27 heavy (non-hydrogen) atoms. The van der Waals surface area contributed by atoms with Crippen LogP contribution in [-0.2, 0) is 6.54 Å². The Morgan fingerprint density at radius 3 is 3.00 bits per heavy atom. The minimum absolute atomic E-state index is 0.0195. The SMILES string of the molecule is O=C(NCc1nc(-c2ccc[nH]c2=O)no1)c1cccc(-n2cnnn2)c1. The van der Waals surface area contributed by atoms with Gasteiger partial charge in [0.1, 0.15) is 6.33 Å². The van der Waals surface area contributed by atoms with Crippen LogP contribution in [0.4, 0.5) is 0 Å². The van der Waals surface area contributed by atoms with Gasteiger partial charge in [-0.15, -0.1) is 5.10 Å². The summed E-state index contributed by atoms with van der Waals surface area (Å²) in [5.74, 6) is 0.00208. The number of pyridine rings is 1. The highest BCUT2D eigenvalue weighted by molar-refractivity contribution is 5.94. The molecule has 0 fully saturated rings. The highest BCUT2D eigenvalue weighted by Crippen LogP contribution is 2.11. The van der Waals surface area contributed by atoms with E-state index in [0.717, 1.165) is 0 Å². The lowest BCUT2D eigenvalue weighted by Crippen LogP contribution is -2.23. The second-order valence-corrected chi connectivity index (χ2v) is 5.41. The van der Waals surface area contributed by atoms with Crippen molar-refractivity contribution >= 4 is 5.91 Å². The summed E-state index contributed by atoms with van der Waals surface area (Å²) in [4.78, 5) is 30.8. The van der Waals surface area contributed by atoms with Crippen LogP contribution in [-0.4, -0.2) is 41.2 Å². The maximum atomic E-state index is 12.4. The summed E-state index contributed by atoms with van der Waals surface area (Å²) in [7, 11) is 0. The van der Waals surface area contributed by atoms with Gasteiger partial charge in [0.25, 0.3) is 11.5 Å². The van der Waals surface area contributed by atoms with Crippen molar-refractivity contribution in [2.75, 3.05) is 0 Å². The maximum Gasteiger partial charge on any atom is 0.259 e. The molecule has 2 N–H and O–H groups in total. The van der Waals surface area contributed by atoms with E-state index in [9.17, 15) is 9.59 Å². The standard InChI is InChI=1S/C16H12N8O3/c25-15(10-3-1-4-11(7-10)24-9-19-22-23-24)18-8-13-20-14(21-27-13)12-5-2-6-17-16(12)26/h1-7,9H,8H2,(H,17,26)(H,18,25). The molecule has 0 radical (unpaired) electrons. The van der Waals surface area contributed by atoms with Crippen LogP contribution in [0.1, 0.15) is 16.2 Å². The number of amides is 1. The maximum absolute atomic E-state index is 12.4. The van der Waals surface area contributed by atoms with E-state index in [2.05, 4.69) is 36.0 Å². The number of benzene rings is 1. The topological polar surface area (TPSA) is 144 Å². The Balaban J connectivity index is 1.45. The fourth-order valence-electron chi connectivity index (χ4n) is 2.36. The van der Waals surface area contributed by atoms with E-state index < -0.39 is 0 Å². The average molecular weight is 364 g/mol. The Morgan fingerprint density at radius 2 is 2.19 bits per heavy atom. The van der Waals surface area contributed by atoms with E-state index in [1.165, 1.54) is 17.2 Å². The van der Waals surface area contributed by atoms with Gasteiger partial charge in [-0.2, -0.15) is 4.98 Å². The molecule has 1 amide bonds. The van der Waals surface area contributed by atoms with Crippen molar-refractivity contribution in [1.82, 2.24) is 40.6 Å². The van der Waals surface area contributed by atoms with Gasteiger partial charge >= 0.3 is 0 Å². The van der Waals surface area contributed by atoms with Gasteiger partial charge in [-0.05, 0) is 40.8 Å². The molecule has 134 valence electrons. The molecule has 11 nitrogen and oxygen atoms in total. The number of rotatable bonds is 5. The minimum Gasteiger partial charge on any atom is -0.343 e. The van der Waals surface area contributed by atoms with E-state index in [1.807, 2.05) is 0 Å². The number of nitrogens with one attached hydrogen (secondary N) is 2. The number of hydrogen-bond donors (Lipinski definition) is 2. The van der Waals surface area contributed by atoms with Crippen LogP contribution < -0.4 is 10.9 Å². The third kappa shape index (κ3) is 3.46. The lowest BCUT2D eigenvalue weighted by molar-refractivity contribution is 0.0946. The number of hydrogen-bond acceptors (Lipinski definition) is 8. The van der Waals surface area contributed by atoms with Gasteiger partial charge in [0.2, 0.25) is 11.7 Å². The van der Waals surface area contributed by atoms with E-state index in [-0.39, 0.29) is 35.3 Å². The molecule has 0 atom stereocenters. The zero-order valence-electron chi connectivity index (χ0n) is 13.7. The number of H-pyrrole nitrogens is 1. The van der Waals surface area contributed by atoms with Crippen molar-refractivity contribution in [3.63, 3.8) is 0 Å². The summed E-state index contributed by atoms with van der Waals surface area (Å²) < 4.78 is 6.53. The third-order valence-electron chi connectivity index (χ3n) is 3.65. The zero-order valence-corrected chi connectivity index (χ0v) is 13.7. The van der Waals surface area contributed by atoms with Gasteiger partial charge in [-0.3, -0.25) is 9.59 Å². The summed E-state index contributed by atoms with van der Waals surface area (Å²) in [5.41, 5.74) is 1.03. The van der Waals surface area contributed by atoms with E-state index in [1.54, 1.807) is 36.4 Å². The van der Waals surface area contributed by atoms with Crippen molar-refractivity contribution in [2.45, 2.75) is 6.54 Å². The van der Waals surface area contributed by atoms with Crippen LogP contribution in [0, 0.1) is 0 Å². The average Bonchev–Trinajstić information content (AvgIpc) is 3.39. The van der Waals surface area contributed by atoms with Crippen LogP contribution in [0.2, 0.25) is 0 Å². The van der Waals surface area contributed by atoms with Crippen molar-refractivity contribution < 1.29 is 9.32 Å². The highest BCUT2D eigenvalue weighted by Gasteiger charge is 2.13. The monoisotopic (exact) mass is 364 g/mol. The Kier molecular flexibility index (Phi) is 4.23. The molecule has 0 aliphatic carbocycles. The first-order chi connectivity index (χ1) is 13.2. The molecule has 0 saturated heterocycles. The summed E-state index contributed by atoms with van der Waals surface area (Å²) in [6, 6.07) is 10.0. The van der Waals surface area contributed by atoms with Gasteiger partial charge in [0.15, 0.2) is 0 Å². The molecule has 0 bridgehead atoms. The molecule has 1 aromatic carbocycles. The molecule has 3 heterocycles. The van der Waals surface area contributed by atoms with E-state index >= 15 is 0 Å². The molecule has 0 aliphatic rings. The summed E-state index contributed by atoms with van der Waals surface area (Å²) in [6.45, 7) is 0.0195. The molecule has 0 aliphatic heterocycles. The van der Waals surface area contributed by atoms with Gasteiger partial charge in [0, 0.05) is 11.8 Å². The van der Waals surface area contributed by atoms with Crippen LogP contribution in [0.5, 0.6) is 0 Å². The fourth-order valence-corrected chi connectivity index (χ4v) is 2.36. The van der Waals surface area contributed by atoms with Crippen LogP contribution in [0.25, 0.3) is 17.1 Å². The van der Waals surface area contributed by atoms with Crippen molar-refractivity contribution in [1.29, 1.82) is 0 Å². The number of carbonyl (C=O) groups is 1. The van der Waals surface area contributed by atoms with Crippen LogP contribution >= 0.6 is 0 Å². The smallest absolute Gasteiger partial charge is 0.259 e. The van der Waals surface area contributed by atoms with E-state index in [0.29, 0.717) is 11.3 Å². The lowest BCUT2D eigenvalue weighted by atomic mass is 10.2. The summed E-state index contributed by atoms with van der Waals surface area (Å²) >= 11 is 0. The minimum atomic E-state index is -0.331. The van der Waals surface area contributed by atoms with Crippen molar-refractivity contribution in [3.8, 4) is 17.1 Å². The highest BCUT2D eigenvalue weighted by atomic mass is 16.5. The third-order valence-corrected chi connectivity index (χ3v) is 3.65. The molecule has 4 aromatic rings. The Bertz CT molecular complexity index is 1130. The fraction of sp³-hybridized carbons (Fsp3) is 0.0625. The Labute approximate surface area is 151 Å². The molecule has 0 unspecified atom stereocenters. The first-order valence-corrected chi connectivity index (χ1v) is 7.83. The number of aromatic nitrogens is 7. The molecular weight excluding hydrogens is 352 g/mol. The van der Waals surface area contributed by atoms with Crippen LogP contribution in [0.15, 0.2) is 58.2 Å². The first kappa shape index (κ1) is 16.3. The molecule has 11 heteroatoms. The molecule has 4 rings (SSSR count). The van der Waals surface area contributed by atoms with Crippen molar-refractivity contribution in [3.05, 3.63) is 70.7 Å². The van der Waals surface area contributed by atoms with Crippen molar-refractivity contribution in [2.24, 2.45) is 0 Å². The van der Waals surface area contributed by atoms with Gasteiger partial charge in [-0.25, -0.2) is 4.68 Å². The quantitative estimate of drug-likeness (QED) is 0.515. The second kappa shape index (κ2) is 7.00. The number of nitrogens with zero attached hydrogens (tertiary/aromatic N) is 6. The zero-order chi connectivity index (χ0) is 18.6. The molecular formula is C16H12N8O3. The lowest BCUT2D eigenvalue weighted by Gasteiger charge is -2.04. The number of aromatic amines is 1. The predicted octanol–water partition coefficient (Wildman–Crippen LogP) is 0.331. The molecule has 3 aromatic heterocycles. The second-order valence-electron chi connectivity index (χ2n) is 5.41. The Hall–Kier alpha value is -4.15. The van der Waals surface area contributed by atoms with Gasteiger partial charge in [0.05, 0.1) is 17.8 Å². The van der Waals surface area contributed by atoms with Gasteiger partial charge in [-0.1, -0.05) is 11.2 Å². The molecule has 0 saturated carbocycles. The first-order valence-electron chi connectivity index (χ1n) is 7.83. The van der Waals surface area contributed by atoms with Gasteiger partial charge < -0.3 is 14.8 Å². The van der Waals surface area contributed by atoms with Crippen LogP contribution in [0.3, 0.4) is 0 Å². The summed E-state index contributed by atoms with van der Waals surface area (Å²) in [6.07, 6.45) is 2.94. The Morgan fingerprint density at radius 1 is 1.26 bits per heavy atom. The molecule has 0 spiro atoms. The number of tetrazole rings is 1. The largest absolute Gasteiger partial charge is 0.343 e. The van der Waals surface area contributed by atoms with E-state index in [4.69, 9.17) is 4.52 Å². The normalized spacial score (nSPS) is 10.7.